The molecule has 0 aliphatic rings. The highest BCUT2D eigenvalue weighted by atomic mass is 16.3. The molecule has 0 saturated carbocycles. The van der Waals surface area contributed by atoms with Crippen LogP contribution in [-0.2, 0) is 0 Å². The Kier molecular flexibility index (Phi) is 4.84. The zero-order chi connectivity index (χ0) is 24.8. The van der Waals surface area contributed by atoms with E-state index in [2.05, 4.69) is 102 Å². The Balaban J connectivity index is 1.44. The van der Waals surface area contributed by atoms with Crippen LogP contribution in [0.2, 0.25) is 0 Å². The SMILES string of the molecule is N#Cc1cncc(-c2cccc(-c3cc4oc5cc(-c6ccccc6)ccc5c4c4ccccc34)c2)c1. The highest BCUT2D eigenvalue weighted by molar-refractivity contribution is 6.22. The number of nitrogens with zero attached hydrogens (tertiary/aromatic N) is 2. The summed E-state index contributed by atoms with van der Waals surface area (Å²) < 4.78 is 6.48. The topological polar surface area (TPSA) is 49.8 Å². The molecule has 0 N–H and O–H groups in total. The van der Waals surface area contributed by atoms with Crippen molar-refractivity contribution in [2.45, 2.75) is 0 Å². The molecule has 37 heavy (non-hydrogen) atoms. The van der Waals surface area contributed by atoms with Gasteiger partial charge in [0.05, 0.1) is 5.56 Å². The summed E-state index contributed by atoms with van der Waals surface area (Å²) in [7, 11) is 0. The van der Waals surface area contributed by atoms with Crippen LogP contribution in [-0.4, -0.2) is 4.98 Å². The standard InChI is InChI=1S/C34H20N2O/c35-19-22-15-27(21-36-20-22)24-9-6-10-26(16-24)31-18-33-34(29-12-5-4-11-28(29)31)30-14-13-25(17-32(30)37-33)23-7-2-1-3-8-23/h1-18,20-21H. The molecule has 0 radical (unpaired) electrons. The lowest BCUT2D eigenvalue weighted by atomic mass is 9.93. The minimum absolute atomic E-state index is 0.548. The minimum Gasteiger partial charge on any atom is -0.456 e. The molecule has 7 rings (SSSR count). The summed E-state index contributed by atoms with van der Waals surface area (Å²) >= 11 is 0. The van der Waals surface area contributed by atoms with Crippen LogP contribution in [0.5, 0.6) is 0 Å². The fourth-order valence-electron chi connectivity index (χ4n) is 5.21. The van der Waals surface area contributed by atoms with E-state index >= 15 is 0 Å². The number of furan rings is 1. The van der Waals surface area contributed by atoms with E-state index in [4.69, 9.17) is 4.42 Å². The smallest absolute Gasteiger partial charge is 0.136 e. The molecule has 0 amide bonds. The molecule has 7 aromatic rings. The molecule has 3 nitrogen and oxygen atoms in total. The van der Waals surface area contributed by atoms with Crippen molar-refractivity contribution >= 4 is 32.7 Å². The predicted octanol–water partition coefficient (Wildman–Crippen LogP) is 9.01. The van der Waals surface area contributed by atoms with E-state index in [1.165, 1.54) is 16.3 Å². The van der Waals surface area contributed by atoms with Crippen molar-refractivity contribution < 1.29 is 4.42 Å². The monoisotopic (exact) mass is 472 g/mol. The van der Waals surface area contributed by atoms with Crippen LogP contribution in [0, 0.1) is 11.3 Å². The molecular formula is C34H20N2O. The van der Waals surface area contributed by atoms with Gasteiger partial charge in [0, 0.05) is 28.7 Å². The summed E-state index contributed by atoms with van der Waals surface area (Å²) in [4.78, 5) is 4.24. The number of nitriles is 1. The van der Waals surface area contributed by atoms with Gasteiger partial charge in [0.25, 0.3) is 0 Å². The molecule has 0 bridgehead atoms. The van der Waals surface area contributed by atoms with E-state index in [9.17, 15) is 5.26 Å². The van der Waals surface area contributed by atoms with E-state index in [0.29, 0.717) is 5.56 Å². The van der Waals surface area contributed by atoms with E-state index in [-0.39, 0.29) is 0 Å². The second-order valence-corrected chi connectivity index (χ2v) is 9.18. The van der Waals surface area contributed by atoms with Gasteiger partial charge in [-0.2, -0.15) is 5.26 Å². The second kappa shape index (κ2) is 8.48. The number of pyridine rings is 1. The van der Waals surface area contributed by atoms with Gasteiger partial charge in [-0.3, -0.25) is 4.98 Å². The molecule has 0 atom stereocenters. The Hall–Kier alpha value is -5.20. The average Bonchev–Trinajstić information content (AvgIpc) is 3.35. The van der Waals surface area contributed by atoms with Gasteiger partial charge < -0.3 is 4.42 Å². The number of fused-ring (bicyclic) bond motifs is 5. The molecule has 0 fully saturated rings. The van der Waals surface area contributed by atoms with Crippen molar-refractivity contribution in [2.24, 2.45) is 0 Å². The summed E-state index contributed by atoms with van der Waals surface area (Å²) in [6, 6.07) is 39.9. The van der Waals surface area contributed by atoms with Crippen molar-refractivity contribution in [3.8, 4) is 39.4 Å². The highest BCUT2D eigenvalue weighted by Gasteiger charge is 2.16. The van der Waals surface area contributed by atoms with Crippen LogP contribution in [0.4, 0.5) is 0 Å². The first kappa shape index (κ1) is 21.1. The fourth-order valence-corrected chi connectivity index (χ4v) is 5.21. The van der Waals surface area contributed by atoms with Crippen molar-refractivity contribution in [2.75, 3.05) is 0 Å². The normalized spacial score (nSPS) is 11.2. The Morgan fingerprint density at radius 3 is 2.16 bits per heavy atom. The maximum absolute atomic E-state index is 9.30. The maximum Gasteiger partial charge on any atom is 0.136 e. The van der Waals surface area contributed by atoms with Gasteiger partial charge in [-0.25, -0.2) is 0 Å². The van der Waals surface area contributed by atoms with Crippen LogP contribution in [0.1, 0.15) is 5.56 Å². The molecule has 2 aromatic heterocycles. The minimum atomic E-state index is 0.548. The van der Waals surface area contributed by atoms with E-state index in [0.717, 1.165) is 49.8 Å². The third kappa shape index (κ3) is 3.55. The molecule has 2 heterocycles. The number of hydrogen-bond acceptors (Lipinski definition) is 3. The lowest BCUT2D eigenvalue weighted by Gasteiger charge is -2.10. The van der Waals surface area contributed by atoms with Gasteiger partial charge in [-0.15, -0.1) is 0 Å². The van der Waals surface area contributed by atoms with Gasteiger partial charge in [0.2, 0.25) is 0 Å². The number of aromatic nitrogens is 1. The summed E-state index contributed by atoms with van der Waals surface area (Å²) in [5, 5.41) is 13.9. The zero-order valence-electron chi connectivity index (χ0n) is 19.8. The van der Waals surface area contributed by atoms with Crippen molar-refractivity contribution in [3.05, 3.63) is 127 Å². The molecule has 172 valence electrons. The molecule has 5 aromatic carbocycles. The molecule has 0 saturated heterocycles. The predicted molar refractivity (Wildman–Crippen MR) is 150 cm³/mol. The molecule has 0 aliphatic carbocycles. The second-order valence-electron chi connectivity index (χ2n) is 9.18. The van der Waals surface area contributed by atoms with Gasteiger partial charge in [0.1, 0.15) is 17.2 Å². The molecule has 0 spiro atoms. The van der Waals surface area contributed by atoms with Crippen LogP contribution < -0.4 is 0 Å². The van der Waals surface area contributed by atoms with Crippen LogP contribution in [0.15, 0.2) is 126 Å². The Bertz CT molecular complexity index is 1990. The largest absolute Gasteiger partial charge is 0.456 e. The van der Waals surface area contributed by atoms with Crippen LogP contribution in [0.3, 0.4) is 0 Å². The van der Waals surface area contributed by atoms with Crippen molar-refractivity contribution in [3.63, 3.8) is 0 Å². The lowest BCUT2D eigenvalue weighted by molar-refractivity contribution is 0.669. The summed E-state index contributed by atoms with van der Waals surface area (Å²) in [6.45, 7) is 0. The lowest BCUT2D eigenvalue weighted by Crippen LogP contribution is -1.86. The summed E-state index contributed by atoms with van der Waals surface area (Å²) in [6.07, 6.45) is 3.38. The van der Waals surface area contributed by atoms with Crippen LogP contribution >= 0.6 is 0 Å². The van der Waals surface area contributed by atoms with Gasteiger partial charge >= 0.3 is 0 Å². The molecular weight excluding hydrogens is 452 g/mol. The number of benzene rings is 5. The van der Waals surface area contributed by atoms with Gasteiger partial charge in [0.15, 0.2) is 0 Å². The molecule has 3 heteroatoms. The van der Waals surface area contributed by atoms with Crippen LogP contribution in [0.25, 0.3) is 66.1 Å². The van der Waals surface area contributed by atoms with Crippen molar-refractivity contribution in [1.29, 1.82) is 5.26 Å². The first-order valence-electron chi connectivity index (χ1n) is 12.2. The van der Waals surface area contributed by atoms with Gasteiger partial charge in [-0.1, -0.05) is 78.9 Å². The first-order chi connectivity index (χ1) is 18.3. The van der Waals surface area contributed by atoms with E-state index in [1.807, 2.05) is 18.2 Å². The number of hydrogen-bond donors (Lipinski definition) is 0. The molecule has 0 unspecified atom stereocenters. The first-order valence-corrected chi connectivity index (χ1v) is 12.2. The quantitative estimate of drug-likeness (QED) is 0.258. The average molecular weight is 473 g/mol. The zero-order valence-corrected chi connectivity index (χ0v) is 19.8. The highest BCUT2D eigenvalue weighted by Crippen LogP contribution is 2.41. The Morgan fingerprint density at radius 1 is 0.541 bits per heavy atom. The fraction of sp³-hybridized carbons (Fsp3) is 0. The third-order valence-electron chi connectivity index (χ3n) is 6.96. The van der Waals surface area contributed by atoms with Gasteiger partial charge in [-0.05, 0) is 68.9 Å². The summed E-state index contributed by atoms with van der Waals surface area (Å²) in [5.41, 5.74) is 8.73. The summed E-state index contributed by atoms with van der Waals surface area (Å²) in [5.74, 6) is 0. The Morgan fingerprint density at radius 2 is 1.30 bits per heavy atom. The van der Waals surface area contributed by atoms with E-state index in [1.54, 1.807) is 12.4 Å². The van der Waals surface area contributed by atoms with Crippen molar-refractivity contribution in [1.82, 2.24) is 4.98 Å². The number of rotatable bonds is 3. The maximum atomic E-state index is 9.30. The third-order valence-corrected chi connectivity index (χ3v) is 6.96. The Labute approximate surface area is 213 Å². The molecule has 0 aliphatic heterocycles. The van der Waals surface area contributed by atoms with E-state index < -0.39 is 0 Å².